The zero-order valence-electron chi connectivity index (χ0n) is 15.6. The third-order valence-electron chi connectivity index (χ3n) is 4.80. The van der Waals surface area contributed by atoms with Crippen LogP contribution >= 0.6 is 0 Å². The summed E-state index contributed by atoms with van der Waals surface area (Å²) in [4.78, 5) is 25.5. The largest absolute Gasteiger partial charge is 0.494 e. The summed E-state index contributed by atoms with van der Waals surface area (Å²) in [6.07, 6.45) is 2.14. The number of carbonyl (C=O) groups excluding carboxylic acids is 2. The molecule has 0 fully saturated rings. The monoisotopic (exact) mass is 355 g/mol. The molecule has 1 aliphatic heterocycles. The first kappa shape index (κ1) is 18.2. The fraction of sp³-hybridized carbons (Fsp3) is 0.429. The van der Waals surface area contributed by atoms with Crippen LogP contribution in [0, 0.1) is 0 Å². The lowest BCUT2D eigenvalue weighted by Gasteiger charge is -2.34. The number of Topliss-reactive ketones (excluding diaryl/α,β-unsaturated/α-hetero) is 1. The molecule has 1 heterocycles. The normalized spacial score (nSPS) is 19.8. The van der Waals surface area contributed by atoms with Gasteiger partial charge in [0.15, 0.2) is 5.78 Å². The molecule has 1 aliphatic carbocycles. The van der Waals surface area contributed by atoms with Gasteiger partial charge in [0, 0.05) is 29.0 Å². The Morgan fingerprint density at radius 3 is 2.69 bits per heavy atom. The second-order valence-electron chi connectivity index (χ2n) is 6.46. The van der Waals surface area contributed by atoms with Gasteiger partial charge in [0.25, 0.3) is 0 Å². The Balaban J connectivity index is 2.19. The van der Waals surface area contributed by atoms with Crippen molar-refractivity contribution < 1.29 is 19.1 Å². The zero-order valence-corrected chi connectivity index (χ0v) is 15.6. The number of carbonyl (C=O) groups is 2. The van der Waals surface area contributed by atoms with Crippen LogP contribution in [0.3, 0.4) is 0 Å². The highest BCUT2D eigenvalue weighted by molar-refractivity contribution is 6.04. The van der Waals surface area contributed by atoms with Crippen LogP contribution < -0.4 is 10.1 Å². The highest BCUT2D eigenvalue weighted by Crippen LogP contribution is 2.45. The molecule has 5 nitrogen and oxygen atoms in total. The highest BCUT2D eigenvalue weighted by atomic mass is 16.5. The fourth-order valence-electron chi connectivity index (χ4n) is 3.78. The van der Waals surface area contributed by atoms with E-state index in [-0.39, 0.29) is 12.4 Å². The first-order valence-electron chi connectivity index (χ1n) is 9.21. The summed E-state index contributed by atoms with van der Waals surface area (Å²) >= 11 is 0. The first-order chi connectivity index (χ1) is 12.6. The molecule has 2 aliphatic rings. The van der Waals surface area contributed by atoms with Gasteiger partial charge in [-0.2, -0.15) is 0 Å². The molecule has 0 aromatic heterocycles. The van der Waals surface area contributed by atoms with Crippen molar-refractivity contribution in [3.63, 3.8) is 0 Å². The summed E-state index contributed by atoms with van der Waals surface area (Å²) in [5.74, 6) is -0.0642. The number of para-hydroxylation sites is 1. The van der Waals surface area contributed by atoms with Gasteiger partial charge in [0.1, 0.15) is 5.75 Å². The molecule has 1 atom stereocenters. The molecule has 0 amide bonds. The number of ketones is 1. The average Bonchev–Trinajstić information content (AvgIpc) is 2.62. The lowest BCUT2D eigenvalue weighted by Crippen LogP contribution is -2.34. The molecule has 0 radical (unpaired) electrons. The van der Waals surface area contributed by atoms with E-state index in [0.717, 1.165) is 29.8 Å². The van der Waals surface area contributed by atoms with Crippen molar-refractivity contribution in [1.82, 2.24) is 5.32 Å². The van der Waals surface area contributed by atoms with E-state index < -0.39 is 11.9 Å². The van der Waals surface area contributed by atoms with Crippen molar-refractivity contribution in [2.24, 2.45) is 0 Å². The van der Waals surface area contributed by atoms with Crippen molar-refractivity contribution in [3.05, 3.63) is 52.4 Å². The number of benzene rings is 1. The standard InChI is InChI=1S/C21H25NO4/c1-4-25-17-12-7-6-9-14(17)19-18(21(24)26-5-2)13(3)22-15-10-8-11-16(23)20(15)19/h6-7,9,12,19,22H,4-5,8,10-11H2,1-3H3/t19-/m1/s1. The van der Waals surface area contributed by atoms with Crippen LogP contribution in [-0.4, -0.2) is 25.0 Å². The molecule has 138 valence electrons. The molecule has 0 unspecified atom stereocenters. The van der Waals surface area contributed by atoms with E-state index in [2.05, 4.69) is 5.32 Å². The number of dihydropyridines is 1. The Bertz CT molecular complexity index is 791. The van der Waals surface area contributed by atoms with E-state index in [4.69, 9.17) is 9.47 Å². The van der Waals surface area contributed by atoms with Crippen molar-refractivity contribution in [2.75, 3.05) is 13.2 Å². The van der Waals surface area contributed by atoms with Gasteiger partial charge < -0.3 is 14.8 Å². The zero-order chi connectivity index (χ0) is 18.7. The Morgan fingerprint density at radius 2 is 1.96 bits per heavy atom. The van der Waals surface area contributed by atoms with Crippen molar-refractivity contribution in [3.8, 4) is 5.75 Å². The minimum absolute atomic E-state index is 0.0874. The van der Waals surface area contributed by atoms with Gasteiger partial charge in [-0.3, -0.25) is 4.79 Å². The van der Waals surface area contributed by atoms with E-state index in [9.17, 15) is 9.59 Å². The third kappa shape index (κ3) is 3.26. The Hall–Kier alpha value is -2.56. The molecule has 5 heteroatoms. The van der Waals surface area contributed by atoms with Crippen molar-refractivity contribution in [2.45, 2.75) is 46.0 Å². The summed E-state index contributed by atoms with van der Waals surface area (Å²) < 4.78 is 11.1. The molecular weight excluding hydrogens is 330 g/mol. The molecule has 1 aromatic rings. The number of ether oxygens (including phenoxy) is 2. The average molecular weight is 355 g/mol. The van der Waals surface area contributed by atoms with Crippen LogP contribution in [0.15, 0.2) is 46.8 Å². The van der Waals surface area contributed by atoms with Crippen LogP contribution in [0.2, 0.25) is 0 Å². The summed E-state index contributed by atoms with van der Waals surface area (Å²) in [5, 5.41) is 3.29. The topological polar surface area (TPSA) is 64.6 Å². The molecular formula is C21H25NO4. The molecule has 1 aromatic carbocycles. The van der Waals surface area contributed by atoms with Crippen LogP contribution in [0.1, 0.15) is 51.5 Å². The molecule has 1 N–H and O–H groups in total. The van der Waals surface area contributed by atoms with Crippen LogP contribution in [-0.2, 0) is 14.3 Å². The van der Waals surface area contributed by atoms with E-state index in [1.807, 2.05) is 38.1 Å². The van der Waals surface area contributed by atoms with Crippen LogP contribution in [0.4, 0.5) is 0 Å². The maximum Gasteiger partial charge on any atom is 0.336 e. The summed E-state index contributed by atoms with van der Waals surface area (Å²) in [6.45, 7) is 6.37. The number of nitrogens with one attached hydrogen (secondary N) is 1. The maximum atomic E-state index is 12.8. The van der Waals surface area contributed by atoms with Crippen LogP contribution in [0.25, 0.3) is 0 Å². The van der Waals surface area contributed by atoms with Gasteiger partial charge in [-0.1, -0.05) is 18.2 Å². The number of hydrogen-bond acceptors (Lipinski definition) is 5. The summed E-state index contributed by atoms with van der Waals surface area (Å²) in [6, 6.07) is 7.62. The summed E-state index contributed by atoms with van der Waals surface area (Å²) in [5.41, 5.74) is 3.67. The van der Waals surface area contributed by atoms with E-state index in [1.165, 1.54) is 0 Å². The Morgan fingerprint density at radius 1 is 1.19 bits per heavy atom. The fourth-order valence-corrected chi connectivity index (χ4v) is 3.78. The lowest BCUT2D eigenvalue weighted by atomic mass is 9.75. The molecule has 26 heavy (non-hydrogen) atoms. The molecule has 0 spiro atoms. The number of esters is 1. The van der Waals surface area contributed by atoms with Crippen molar-refractivity contribution in [1.29, 1.82) is 0 Å². The minimum Gasteiger partial charge on any atom is -0.494 e. The minimum atomic E-state index is -0.458. The Labute approximate surface area is 154 Å². The molecule has 0 saturated carbocycles. The van der Waals surface area contributed by atoms with Crippen molar-refractivity contribution >= 4 is 11.8 Å². The first-order valence-corrected chi connectivity index (χ1v) is 9.21. The van der Waals surface area contributed by atoms with E-state index >= 15 is 0 Å². The Kier molecular flexibility index (Phi) is 5.45. The second-order valence-corrected chi connectivity index (χ2v) is 6.46. The van der Waals surface area contributed by atoms with Gasteiger partial charge >= 0.3 is 5.97 Å². The smallest absolute Gasteiger partial charge is 0.336 e. The number of hydrogen-bond donors (Lipinski definition) is 1. The van der Waals surface area contributed by atoms with Gasteiger partial charge in [-0.15, -0.1) is 0 Å². The number of allylic oxidation sites excluding steroid dienone is 3. The molecule has 0 saturated heterocycles. The number of rotatable bonds is 5. The SMILES string of the molecule is CCOC(=O)C1=C(C)NC2=C(C(=O)CCC2)[C@@H]1c1ccccc1OCC. The highest BCUT2D eigenvalue weighted by Gasteiger charge is 2.40. The molecule has 0 bridgehead atoms. The quantitative estimate of drug-likeness (QED) is 0.818. The maximum absolute atomic E-state index is 12.8. The van der Waals surface area contributed by atoms with Gasteiger partial charge in [-0.05, 0) is 39.7 Å². The van der Waals surface area contributed by atoms with Gasteiger partial charge in [-0.25, -0.2) is 4.79 Å². The third-order valence-corrected chi connectivity index (χ3v) is 4.80. The lowest BCUT2D eigenvalue weighted by molar-refractivity contribution is -0.138. The molecule has 3 rings (SSSR count). The van der Waals surface area contributed by atoms with Gasteiger partial charge in [0.05, 0.1) is 24.7 Å². The van der Waals surface area contributed by atoms with Gasteiger partial charge in [0.2, 0.25) is 0 Å². The van der Waals surface area contributed by atoms with E-state index in [0.29, 0.717) is 29.9 Å². The van der Waals surface area contributed by atoms with Crippen LogP contribution in [0.5, 0.6) is 5.75 Å². The second kappa shape index (κ2) is 7.77. The predicted molar refractivity (Wildman–Crippen MR) is 98.7 cm³/mol. The predicted octanol–water partition coefficient (Wildman–Crippen LogP) is 3.62. The van der Waals surface area contributed by atoms with E-state index in [1.54, 1.807) is 6.92 Å². The summed E-state index contributed by atoms with van der Waals surface area (Å²) in [7, 11) is 0.